The van der Waals surface area contributed by atoms with Crippen molar-refractivity contribution in [2.45, 2.75) is 31.4 Å². The third-order valence-corrected chi connectivity index (χ3v) is 3.25. The number of methoxy groups -OCH3 is 3. The van der Waals surface area contributed by atoms with Gasteiger partial charge in [0.05, 0.1) is 27.2 Å². The first-order valence-corrected chi connectivity index (χ1v) is 6.69. The Bertz CT molecular complexity index is 500. The fraction of sp³-hybridized carbons (Fsp3) is 0.533. The molecule has 0 aliphatic rings. The lowest BCUT2D eigenvalue weighted by Gasteiger charge is -2.17. The van der Waals surface area contributed by atoms with Crippen molar-refractivity contribution in [3.05, 3.63) is 23.8 Å². The van der Waals surface area contributed by atoms with E-state index in [1.54, 1.807) is 18.2 Å². The molecular formula is C15H19F3O4. The normalized spacial score (nSPS) is 12.6. The molecule has 0 fully saturated rings. The minimum absolute atomic E-state index is 0.0433. The SMILES string of the molecule is COC(=O)C(CCCC(F)(F)F)c1ccc(OC)c(OC)c1. The lowest BCUT2D eigenvalue weighted by Crippen LogP contribution is -2.16. The van der Waals surface area contributed by atoms with E-state index in [1.807, 2.05) is 0 Å². The molecule has 124 valence electrons. The van der Waals surface area contributed by atoms with E-state index in [-0.39, 0.29) is 12.8 Å². The van der Waals surface area contributed by atoms with E-state index in [0.29, 0.717) is 17.1 Å². The van der Waals surface area contributed by atoms with Gasteiger partial charge in [-0.25, -0.2) is 0 Å². The summed E-state index contributed by atoms with van der Waals surface area (Å²) in [5.41, 5.74) is 0.534. The molecule has 0 aliphatic carbocycles. The Morgan fingerprint density at radius 3 is 2.27 bits per heavy atom. The van der Waals surface area contributed by atoms with Crippen molar-refractivity contribution in [3.63, 3.8) is 0 Å². The van der Waals surface area contributed by atoms with Crippen LogP contribution in [0.2, 0.25) is 0 Å². The monoisotopic (exact) mass is 320 g/mol. The van der Waals surface area contributed by atoms with Gasteiger partial charge in [-0.1, -0.05) is 6.07 Å². The quantitative estimate of drug-likeness (QED) is 0.719. The number of hydrogen-bond donors (Lipinski definition) is 0. The number of carbonyl (C=O) groups excluding carboxylic acids is 1. The van der Waals surface area contributed by atoms with E-state index in [4.69, 9.17) is 9.47 Å². The van der Waals surface area contributed by atoms with E-state index >= 15 is 0 Å². The van der Waals surface area contributed by atoms with Gasteiger partial charge in [0.1, 0.15) is 0 Å². The molecule has 1 unspecified atom stereocenters. The smallest absolute Gasteiger partial charge is 0.389 e. The Morgan fingerprint density at radius 2 is 1.77 bits per heavy atom. The van der Waals surface area contributed by atoms with Crippen LogP contribution >= 0.6 is 0 Å². The number of alkyl halides is 3. The maximum absolute atomic E-state index is 12.3. The highest BCUT2D eigenvalue weighted by atomic mass is 19.4. The molecule has 0 N–H and O–H groups in total. The summed E-state index contributed by atoms with van der Waals surface area (Å²) in [7, 11) is 4.12. The number of rotatable bonds is 7. The summed E-state index contributed by atoms with van der Waals surface area (Å²) in [5.74, 6) is -0.462. The predicted octanol–water partition coefficient (Wildman–Crippen LogP) is 3.69. The molecule has 0 aromatic heterocycles. The van der Waals surface area contributed by atoms with Gasteiger partial charge in [0.25, 0.3) is 0 Å². The first-order valence-electron chi connectivity index (χ1n) is 6.69. The van der Waals surface area contributed by atoms with E-state index in [2.05, 4.69) is 4.74 Å². The first-order chi connectivity index (χ1) is 10.3. The van der Waals surface area contributed by atoms with Crippen LogP contribution in [0.5, 0.6) is 11.5 Å². The molecule has 0 radical (unpaired) electrons. The molecule has 0 saturated heterocycles. The van der Waals surface area contributed by atoms with Gasteiger partial charge < -0.3 is 14.2 Å². The van der Waals surface area contributed by atoms with Crippen molar-refractivity contribution >= 4 is 5.97 Å². The van der Waals surface area contributed by atoms with Gasteiger partial charge in [0, 0.05) is 6.42 Å². The molecule has 0 aliphatic heterocycles. The third kappa shape index (κ3) is 5.13. The second-order valence-electron chi connectivity index (χ2n) is 4.70. The van der Waals surface area contributed by atoms with Gasteiger partial charge >= 0.3 is 12.1 Å². The highest BCUT2D eigenvalue weighted by Crippen LogP contribution is 2.34. The summed E-state index contributed by atoms with van der Waals surface area (Å²) >= 11 is 0. The highest BCUT2D eigenvalue weighted by molar-refractivity contribution is 5.78. The molecule has 7 heteroatoms. The Hall–Kier alpha value is -1.92. The maximum atomic E-state index is 12.3. The second-order valence-corrected chi connectivity index (χ2v) is 4.70. The zero-order valence-corrected chi connectivity index (χ0v) is 12.7. The minimum Gasteiger partial charge on any atom is -0.493 e. The fourth-order valence-electron chi connectivity index (χ4n) is 2.14. The molecule has 1 aromatic rings. The minimum atomic E-state index is -4.24. The first kappa shape index (κ1) is 18.1. The fourth-order valence-corrected chi connectivity index (χ4v) is 2.14. The van der Waals surface area contributed by atoms with Crippen LogP contribution in [-0.4, -0.2) is 33.5 Å². The number of esters is 1. The summed E-state index contributed by atoms with van der Waals surface area (Å²) in [6.07, 6.45) is -5.29. The number of ether oxygens (including phenoxy) is 3. The number of halogens is 3. The van der Waals surface area contributed by atoms with Crippen LogP contribution in [0.25, 0.3) is 0 Å². The van der Waals surface area contributed by atoms with Gasteiger partial charge in [-0.2, -0.15) is 13.2 Å². The van der Waals surface area contributed by atoms with Gasteiger partial charge in [0.2, 0.25) is 0 Å². The zero-order valence-electron chi connectivity index (χ0n) is 12.7. The van der Waals surface area contributed by atoms with Gasteiger partial charge in [0.15, 0.2) is 11.5 Å². The summed E-state index contributed by atoms with van der Waals surface area (Å²) < 4.78 is 51.7. The van der Waals surface area contributed by atoms with Crippen molar-refractivity contribution in [1.82, 2.24) is 0 Å². The Balaban J connectivity index is 2.94. The molecule has 0 amide bonds. The van der Waals surface area contributed by atoms with Gasteiger partial charge in [-0.3, -0.25) is 4.79 Å². The maximum Gasteiger partial charge on any atom is 0.389 e. The van der Waals surface area contributed by atoms with E-state index < -0.39 is 24.5 Å². The molecular weight excluding hydrogens is 301 g/mol. The van der Waals surface area contributed by atoms with E-state index in [0.717, 1.165) is 0 Å². The number of hydrogen-bond acceptors (Lipinski definition) is 4. The molecule has 0 heterocycles. The molecule has 0 saturated carbocycles. The van der Waals surface area contributed by atoms with Crippen LogP contribution in [0.15, 0.2) is 18.2 Å². The Morgan fingerprint density at radius 1 is 1.14 bits per heavy atom. The molecule has 0 bridgehead atoms. The van der Waals surface area contributed by atoms with Crippen LogP contribution in [0.3, 0.4) is 0 Å². The van der Waals surface area contributed by atoms with Crippen molar-refractivity contribution in [3.8, 4) is 11.5 Å². The van der Waals surface area contributed by atoms with E-state index in [9.17, 15) is 18.0 Å². The summed E-state index contributed by atoms with van der Waals surface area (Å²) in [6, 6.07) is 4.80. The van der Waals surface area contributed by atoms with Crippen LogP contribution < -0.4 is 9.47 Å². The van der Waals surface area contributed by atoms with Crippen molar-refractivity contribution in [2.75, 3.05) is 21.3 Å². The topological polar surface area (TPSA) is 44.8 Å². The van der Waals surface area contributed by atoms with Crippen molar-refractivity contribution in [2.24, 2.45) is 0 Å². The molecule has 0 spiro atoms. The number of benzene rings is 1. The lowest BCUT2D eigenvalue weighted by atomic mass is 9.93. The summed E-state index contributed by atoms with van der Waals surface area (Å²) in [4.78, 5) is 11.8. The molecule has 22 heavy (non-hydrogen) atoms. The van der Waals surface area contributed by atoms with Crippen LogP contribution in [0, 0.1) is 0 Å². The molecule has 1 atom stereocenters. The van der Waals surface area contributed by atoms with Crippen LogP contribution in [0.1, 0.15) is 30.7 Å². The zero-order chi connectivity index (χ0) is 16.8. The van der Waals surface area contributed by atoms with Crippen LogP contribution in [0.4, 0.5) is 13.2 Å². The largest absolute Gasteiger partial charge is 0.493 e. The summed E-state index contributed by atoms with van der Waals surface area (Å²) in [6.45, 7) is 0. The average Bonchev–Trinajstić information content (AvgIpc) is 2.49. The van der Waals surface area contributed by atoms with E-state index in [1.165, 1.54) is 21.3 Å². The van der Waals surface area contributed by atoms with Gasteiger partial charge in [-0.05, 0) is 30.5 Å². The number of carbonyl (C=O) groups is 1. The van der Waals surface area contributed by atoms with Gasteiger partial charge in [-0.15, -0.1) is 0 Å². The Kier molecular flexibility index (Phi) is 6.52. The Labute approximate surface area is 127 Å². The van der Waals surface area contributed by atoms with Crippen LogP contribution in [-0.2, 0) is 9.53 Å². The predicted molar refractivity (Wildman–Crippen MR) is 74.2 cm³/mol. The van der Waals surface area contributed by atoms with Crippen molar-refractivity contribution in [1.29, 1.82) is 0 Å². The highest BCUT2D eigenvalue weighted by Gasteiger charge is 2.29. The molecule has 4 nitrogen and oxygen atoms in total. The summed E-state index contributed by atoms with van der Waals surface area (Å²) in [5, 5.41) is 0. The average molecular weight is 320 g/mol. The lowest BCUT2D eigenvalue weighted by molar-refractivity contribution is -0.145. The van der Waals surface area contributed by atoms with Crippen molar-refractivity contribution < 1.29 is 32.2 Å². The second kappa shape index (κ2) is 7.91. The molecule has 1 aromatic carbocycles. The standard InChI is InChI=1S/C15H19F3O4/c1-20-12-7-6-10(9-13(12)21-2)11(14(19)22-3)5-4-8-15(16,17)18/h6-7,9,11H,4-5,8H2,1-3H3. The third-order valence-electron chi connectivity index (χ3n) is 3.25. The molecule has 1 rings (SSSR count).